The molecule has 2 saturated heterocycles. The molecule has 2 aromatic rings. The lowest BCUT2D eigenvalue weighted by atomic mass is 9.72. The van der Waals surface area contributed by atoms with E-state index in [0.717, 1.165) is 12.8 Å². The van der Waals surface area contributed by atoms with Gasteiger partial charge in [0.15, 0.2) is 11.6 Å². The largest absolute Gasteiger partial charge is 0.486 e. The number of ether oxygens (including phenoxy) is 1. The minimum absolute atomic E-state index is 0.0112. The zero-order valence-electron chi connectivity index (χ0n) is 18.4. The third-order valence-electron chi connectivity index (χ3n) is 6.58. The molecule has 0 aromatic carbocycles. The first-order chi connectivity index (χ1) is 14.1. The summed E-state index contributed by atoms with van der Waals surface area (Å²) in [6, 6.07) is 0.0379. The van der Waals surface area contributed by atoms with Gasteiger partial charge >= 0.3 is 0 Å². The number of hydrogen-bond donors (Lipinski definition) is 2. The average Bonchev–Trinajstić information content (AvgIpc) is 3.05. The van der Waals surface area contributed by atoms with Crippen molar-refractivity contribution in [3.8, 4) is 5.75 Å². The Bertz CT molecular complexity index is 937. The molecule has 2 aromatic heterocycles. The average molecular weight is 418 g/mol. The highest BCUT2D eigenvalue weighted by molar-refractivity contribution is 5.91. The fraction of sp³-hybridized carbons (Fsp3) is 0.652. The van der Waals surface area contributed by atoms with Crippen LogP contribution in [0.25, 0.3) is 11.0 Å². The molecule has 7 heteroatoms. The molecule has 0 saturated carbocycles. The number of amides is 1. The van der Waals surface area contributed by atoms with Gasteiger partial charge in [-0.15, -0.1) is 0 Å². The molecule has 2 N–H and O–H groups in total. The van der Waals surface area contributed by atoms with Crippen LogP contribution < -0.4 is 4.74 Å². The lowest BCUT2D eigenvalue weighted by molar-refractivity contribution is -0.153. The SMILES string of the molecule is CC1CC2CC(C)(O)CC(C1)N2C(=O)C(C)c1c[nH]c2ncc(OC(C)C)c(F)c12. The number of hydrogen-bond acceptors (Lipinski definition) is 4. The van der Waals surface area contributed by atoms with E-state index in [9.17, 15) is 9.90 Å². The standard InChI is InChI=1S/C23H32FN3O3/c1-12(2)30-18-11-26-21-19(20(18)24)17(10-25-21)14(4)22(28)27-15-6-13(3)7-16(27)9-23(5,29)8-15/h10-16,29H,6-9H2,1-5H3,(H,25,26). The molecule has 0 spiro atoms. The van der Waals surface area contributed by atoms with Crippen LogP contribution in [-0.2, 0) is 4.79 Å². The summed E-state index contributed by atoms with van der Waals surface area (Å²) in [6.45, 7) is 9.57. The van der Waals surface area contributed by atoms with Crippen LogP contribution in [0, 0.1) is 11.7 Å². The third-order valence-corrected chi connectivity index (χ3v) is 6.58. The van der Waals surface area contributed by atoms with Gasteiger partial charge in [0.2, 0.25) is 5.91 Å². The molecule has 3 unspecified atom stereocenters. The van der Waals surface area contributed by atoms with Gasteiger partial charge in [-0.3, -0.25) is 4.79 Å². The molecule has 2 aliphatic heterocycles. The summed E-state index contributed by atoms with van der Waals surface area (Å²) in [5.41, 5.74) is 0.265. The highest BCUT2D eigenvalue weighted by Crippen LogP contribution is 2.43. The molecule has 6 nitrogen and oxygen atoms in total. The topological polar surface area (TPSA) is 78.5 Å². The number of pyridine rings is 1. The number of nitrogens with one attached hydrogen (secondary N) is 1. The third kappa shape index (κ3) is 3.68. The van der Waals surface area contributed by atoms with E-state index in [-0.39, 0.29) is 29.8 Å². The van der Waals surface area contributed by atoms with Gasteiger partial charge in [0, 0.05) is 18.3 Å². The molecule has 2 fully saturated rings. The molecule has 0 radical (unpaired) electrons. The number of aromatic nitrogens is 2. The van der Waals surface area contributed by atoms with Crippen molar-refractivity contribution in [3.63, 3.8) is 0 Å². The van der Waals surface area contributed by atoms with Crippen molar-refractivity contribution in [2.45, 2.75) is 90.0 Å². The van der Waals surface area contributed by atoms with Crippen LogP contribution in [0.2, 0.25) is 0 Å². The lowest BCUT2D eigenvalue weighted by Crippen LogP contribution is -2.61. The molecular weight excluding hydrogens is 385 g/mol. The molecule has 164 valence electrons. The minimum atomic E-state index is -0.741. The number of aliphatic hydroxyl groups is 1. The van der Waals surface area contributed by atoms with E-state index in [4.69, 9.17) is 4.74 Å². The first-order valence-corrected chi connectivity index (χ1v) is 10.9. The molecule has 2 aliphatic rings. The number of carbonyl (C=O) groups excluding carboxylic acids is 1. The van der Waals surface area contributed by atoms with E-state index in [1.807, 2.05) is 32.6 Å². The van der Waals surface area contributed by atoms with Crippen molar-refractivity contribution in [1.29, 1.82) is 0 Å². The number of nitrogens with zero attached hydrogens (tertiary/aromatic N) is 2. The summed E-state index contributed by atoms with van der Waals surface area (Å²) in [6.07, 6.45) is 5.83. The smallest absolute Gasteiger partial charge is 0.230 e. The van der Waals surface area contributed by atoms with Crippen molar-refractivity contribution in [2.75, 3.05) is 0 Å². The molecular formula is C23H32FN3O3. The van der Waals surface area contributed by atoms with Gasteiger partial charge in [-0.25, -0.2) is 9.37 Å². The number of piperidine rings is 2. The van der Waals surface area contributed by atoms with Crippen molar-refractivity contribution >= 4 is 16.9 Å². The van der Waals surface area contributed by atoms with Gasteiger partial charge < -0.3 is 19.7 Å². The summed E-state index contributed by atoms with van der Waals surface area (Å²) in [7, 11) is 0. The molecule has 2 bridgehead atoms. The monoisotopic (exact) mass is 417 g/mol. The summed E-state index contributed by atoms with van der Waals surface area (Å²) in [4.78, 5) is 22.9. The minimum Gasteiger partial charge on any atom is -0.486 e. The Morgan fingerprint density at radius 3 is 2.57 bits per heavy atom. The quantitative estimate of drug-likeness (QED) is 0.784. The molecule has 1 amide bonds. The van der Waals surface area contributed by atoms with Gasteiger partial charge in [0.25, 0.3) is 0 Å². The molecule has 4 rings (SSSR count). The Morgan fingerprint density at radius 1 is 1.33 bits per heavy atom. The summed E-state index contributed by atoms with van der Waals surface area (Å²) in [5, 5.41) is 11.0. The van der Waals surface area contributed by atoms with Crippen LogP contribution in [-0.4, -0.2) is 49.7 Å². The van der Waals surface area contributed by atoms with Crippen molar-refractivity contribution in [2.24, 2.45) is 5.92 Å². The predicted octanol–water partition coefficient (Wildman–Crippen LogP) is 4.13. The number of H-pyrrole nitrogens is 1. The van der Waals surface area contributed by atoms with E-state index in [2.05, 4.69) is 16.9 Å². The summed E-state index contributed by atoms with van der Waals surface area (Å²) < 4.78 is 20.8. The van der Waals surface area contributed by atoms with E-state index in [1.165, 1.54) is 6.20 Å². The van der Waals surface area contributed by atoms with Gasteiger partial charge in [-0.05, 0) is 64.9 Å². The Morgan fingerprint density at radius 2 is 1.97 bits per heavy atom. The van der Waals surface area contributed by atoms with Crippen molar-refractivity contribution < 1.29 is 19.0 Å². The highest BCUT2D eigenvalue weighted by Gasteiger charge is 2.47. The molecule has 0 aliphatic carbocycles. The normalized spacial score (nSPS) is 30.0. The van der Waals surface area contributed by atoms with Gasteiger partial charge in [0.1, 0.15) is 5.65 Å². The number of fused-ring (bicyclic) bond motifs is 3. The van der Waals surface area contributed by atoms with E-state index in [0.29, 0.717) is 35.4 Å². The Balaban J connectivity index is 1.67. The summed E-state index contributed by atoms with van der Waals surface area (Å²) >= 11 is 0. The van der Waals surface area contributed by atoms with Crippen LogP contribution in [0.15, 0.2) is 12.4 Å². The Hall–Kier alpha value is -2.15. The number of rotatable bonds is 4. The van der Waals surface area contributed by atoms with Gasteiger partial charge in [-0.1, -0.05) is 6.92 Å². The van der Waals surface area contributed by atoms with Crippen LogP contribution in [0.1, 0.15) is 71.8 Å². The second-order valence-electron chi connectivity index (χ2n) is 9.83. The molecule has 4 heterocycles. The molecule has 30 heavy (non-hydrogen) atoms. The highest BCUT2D eigenvalue weighted by atomic mass is 19.1. The zero-order valence-corrected chi connectivity index (χ0v) is 18.4. The first-order valence-electron chi connectivity index (χ1n) is 10.9. The maximum Gasteiger partial charge on any atom is 0.230 e. The Kier molecular flexibility index (Phi) is 5.29. The van der Waals surface area contributed by atoms with Crippen molar-refractivity contribution in [3.05, 3.63) is 23.8 Å². The van der Waals surface area contributed by atoms with Gasteiger partial charge in [-0.2, -0.15) is 0 Å². The maximum atomic E-state index is 15.2. The van der Waals surface area contributed by atoms with E-state index in [1.54, 1.807) is 6.20 Å². The van der Waals surface area contributed by atoms with Crippen molar-refractivity contribution in [1.82, 2.24) is 14.9 Å². The lowest BCUT2D eigenvalue weighted by Gasteiger charge is -2.53. The van der Waals surface area contributed by atoms with Crippen LogP contribution in [0.4, 0.5) is 4.39 Å². The fourth-order valence-electron chi connectivity index (χ4n) is 5.47. The van der Waals surface area contributed by atoms with Crippen LogP contribution in [0.3, 0.4) is 0 Å². The predicted molar refractivity (Wildman–Crippen MR) is 113 cm³/mol. The first kappa shape index (κ1) is 21.1. The Labute approximate surface area is 176 Å². The van der Waals surface area contributed by atoms with Gasteiger partial charge in [0.05, 0.1) is 29.2 Å². The second-order valence-corrected chi connectivity index (χ2v) is 9.83. The van der Waals surface area contributed by atoms with E-state index >= 15 is 4.39 Å². The van der Waals surface area contributed by atoms with Crippen LogP contribution in [0.5, 0.6) is 5.75 Å². The zero-order chi connectivity index (χ0) is 21.8. The number of aromatic amines is 1. The fourth-order valence-corrected chi connectivity index (χ4v) is 5.47. The van der Waals surface area contributed by atoms with Crippen LogP contribution >= 0.6 is 0 Å². The summed E-state index contributed by atoms with van der Waals surface area (Å²) in [5.74, 6) is -0.396. The second kappa shape index (κ2) is 7.52. The number of halogens is 1. The molecule has 3 atom stereocenters. The maximum absolute atomic E-state index is 15.2. The number of carbonyl (C=O) groups is 1. The van der Waals surface area contributed by atoms with E-state index < -0.39 is 17.3 Å².